The molecular formula is C13H15F3N2. The summed E-state index contributed by atoms with van der Waals surface area (Å²) in [6.45, 7) is 3.29. The van der Waals surface area contributed by atoms with Gasteiger partial charge in [0.1, 0.15) is 0 Å². The van der Waals surface area contributed by atoms with Gasteiger partial charge in [-0.25, -0.2) is 0 Å². The topological polar surface area (TPSA) is 35.8 Å². The number of nitrogens with one attached hydrogen (secondary N) is 1. The largest absolute Gasteiger partial charge is 0.405 e. The highest BCUT2D eigenvalue weighted by Crippen LogP contribution is 2.26. The van der Waals surface area contributed by atoms with Crippen molar-refractivity contribution in [3.8, 4) is 6.07 Å². The van der Waals surface area contributed by atoms with Crippen LogP contribution in [0, 0.1) is 24.2 Å². The van der Waals surface area contributed by atoms with Crippen molar-refractivity contribution in [3.63, 3.8) is 0 Å². The molecule has 0 amide bonds. The van der Waals surface area contributed by atoms with E-state index in [4.69, 9.17) is 5.26 Å². The van der Waals surface area contributed by atoms with E-state index in [1.54, 1.807) is 6.92 Å². The van der Waals surface area contributed by atoms with Crippen LogP contribution in [0.3, 0.4) is 0 Å². The molecule has 0 radical (unpaired) electrons. The summed E-state index contributed by atoms with van der Waals surface area (Å²) in [5, 5.41) is 11.2. The molecule has 2 nitrogen and oxygen atoms in total. The first-order valence-corrected chi connectivity index (χ1v) is 5.61. The van der Waals surface area contributed by atoms with Crippen molar-refractivity contribution < 1.29 is 13.2 Å². The van der Waals surface area contributed by atoms with Crippen molar-refractivity contribution >= 4 is 0 Å². The molecule has 0 aliphatic rings. The van der Waals surface area contributed by atoms with Gasteiger partial charge in [0, 0.05) is 12.6 Å². The van der Waals surface area contributed by atoms with Crippen LogP contribution in [0.2, 0.25) is 0 Å². The second kappa shape index (κ2) is 5.87. The Bertz CT molecular complexity index is 435. The highest BCUT2D eigenvalue weighted by molar-refractivity contribution is 5.28. The smallest absolute Gasteiger partial charge is 0.309 e. The fourth-order valence-electron chi connectivity index (χ4n) is 1.71. The third-order valence-electron chi connectivity index (χ3n) is 2.83. The van der Waals surface area contributed by atoms with Crippen LogP contribution in [0.25, 0.3) is 0 Å². The number of benzene rings is 1. The van der Waals surface area contributed by atoms with Crippen molar-refractivity contribution in [3.05, 3.63) is 35.4 Å². The molecular weight excluding hydrogens is 241 g/mol. The standard InChI is InChI=1S/C13H15F3N2/c1-9-5-3-4-6-12(9)10(2)18-8-11(7-17)13(14,15)16/h3-6,10-11,18H,8H2,1-2H3. The molecule has 2 atom stereocenters. The van der Waals surface area contributed by atoms with Gasteiger partial charge in [-0.1, -0.05) is 24.3 Å². The molecule has 0 saturated carbocycles. The number of nitrogens with zero attached hydrogens (tertiary/aromatic N) is 1. The van der Waals surface area contributed by atoms with E-state index in [0.29, 0.717) is 0 Å². The third-order valence-corrected chi connectivity index (χ3v) is 2.83. The summed E-state index contributed by atoms with van der Waals surface area (Å²) < 4.78 is 37.2. The predicted octanol–water partition coefficient (Wildman–Crippen LogP) is 3.35. The SMILES string of the molecule is Cc1ccccc1C(C)NCC(C#N)C(F)(F)F. The van der Waals surface area contributed by atoms with Gasteiger partial charge in [-0.05, 0) is 25.0 Å². The maximum absolute atomic E-state index is 12.4. The lowest BCUT2D eigenvalue weighted by Crippen LogP contribution is -2.33. The number of alkyl halides is 3. The second-order valence-corrected chi connectivity index (χ2v) is 4.21. The summed E-state index contributed by atoms with van der Waals surface area (Å²) >= 11 is 0. The molecule has 18 heavy (non-hydrogen) atoms. The minimum Gasteiger partial charge on any atom is -0.309 e. The van der Waals surface area contributed by atoms with Gasteiger partial charge >= 0.3 is 6.18 Å². The van der Waals surface area contributed by atoms with Crippen LogP contribution in [0.5, 0.6) is 0 Å². The van der Waals surface area contributed by atoms with E-state index in [0.717, 1.165) is 11.1 Å². The normalized spacial score (nSPS) is 14.9. The summed E-state index contributed by atoms with van der Waals surface area (Å²) in [5.41, 5.74) is 1.95. The molecule has 0 heterocycles. The van der Waals surface area contributed by atoms with Gasteiger partial charge in [-0.15, -0.1) is 0 Å². The molecule has 1 aromatic carbocycles. The number of hydrogen-bond donors (Lipinski definition) is 1. The van der Waals surface area contributed by atoms with Gasteiger partial charge in [0.05, 0.1) is 6.07 Å². The van der Waals surface area contributed by atoms with Crippen LogP contribution >= 0.6 is 0 Å². The van der Waals surface area contributed by atoms with E-state index in [1.165, 1.54) is 6.07 Å². The van der Waals surface area contributed by atoms with E-state index in [9.17, 15) is 13.2 Å². The van der Waals surface area contributed by atoms with Gasteiger partial charge in [0.15, 0.2) is 5.92 Å². The minimum absolute atomic E-state index is 0.218. The number of nitriles is 1. The first-order valence-electron chi connectivity index (χ1n) is 5.61. The summed E-state index contributed by atoms with van der Waals surface area (Å²) in [6, 6.07) is 8.54. The van der Waals surface area contributed by atoms with Crippen LogP contribution in [-0.4, -0.2) is 12.7 Å². The number of aryl methyl sites for hydroxylation is 1. The first kappa shape index (κ1) is 14.5. The van der Waals surface area contributed by atoms with Gasteiger partial charge in [-0.3, -0.25) is 0 Å². The van der Waals surface area contributed by atoms with Gasteiger partial charge in [-0.2, -0.15) is 18.4 Å². The Kier molecular flexibility index (Phi) is 4.74. The molecule has 1 rings (SSSR count). The fraction of sp³-hybridized carbons (Fsp3) is 0.462. The molecule has 0 fully saturated rings. The zero-order valence-electron chi connectivity index (χ0n) is 10.3. The summed E-state index contributed by atoms with van der Waals surface area (Å²) in [5.74, 6) is -1.97. The molecule has 2 unspecified atom stereocenters. The zero-order valence-corrected chi connectivity index (χ0v) is 10.3. The molecule has 0 aliphatic carbocycles. The Hall–Kier alpha value is -1.54. The molecule has 1 aromatic rings. The number of halogens is 3. The highest BCUT2D eigenvalue weighted by atomic mass is 19.4. The summed E-state index contributed by atoms with van der Waals surface area (Å²) in [7, 11) is 0. The molecule has 0 saturated heterocycles. The van der Waals surface area contributed by atoms with Crippen molar-refractivity contribution in [2.75, 3.05) is 6.54 Å². The van der Waals surface area contributed by atoms with E-state index in [-0.39, 0.29) is 6.04 Å². The van der Waals surface area contributed by atoms with Crippen LogP contribution in [0.4, 0.5) is 13.2 Å². The molecule has 0 aromatic heterocycles. The van der Waals surface area contributed by atoms with Crippen molar-refractivity contribution in [1.82, 2.24) is 5.32 Å². The van der Waals surface area contributed by atoms with Gasteiger partial charge < -0.3 is 5.32 Å². The predicted molar refractivity (Wildman–Crippen MR) is 62.8 cm³/mol. The molecule has 0 spiro atoms. The molecule has 1 N–H and O–H groups in total. The van der Waals surface area contributed by atoms with Gasteiger partial charge in [0.2, 0.25) is 0 Å². The highest BCUT2D eigenvalue weighted by Gasteiger charge is 2.39. The fourth-order valence-corrected chi connectivity index (χ4v) is 1.71. The Morgan fingerprint density at radius 2 is 1.94 bits per heavy atom. The second-order valence-electron chi connectivity index (χ2n) is 4.21. The number of rotatable bonds is 4. The van der Waals surface area contributed by atoms with Crippen LogP contribution in [0.15, 0.2) is 24.3 Å². The number of hydrogen-bond acceptors (Lipinski definition) is 2. The van der Waals surface area contributed by atoms with E-state index in [1.807, 2.05) is 31.2 Å². The quantitative estimate of drug-likeness (QED) is 0.896. The average molecular weight is 256 g/mol. The van der Waals surface area contributed by atoms with Crippen molar-refractivity contribution in [1.29, 1.82) is 5.26 Å². The lowest BCUT2D eigenvalue weighted by atomic mass is 10.0. The maximum Gasteiger partial charge on any atom is 0.405 e. The molecule has 0 aliphatic heterocycles. The van der Waals surface area contributed by atoms with Crippen LogP contribution in [0.1, 0.15) is 24.1 Å². The van der Waals surface area contributed by atoms with Crippen LogP contribution in [-0.2, 0) is 0 Å². The van der Waals surface area contributed by atoms with E-state index >= 15 is 0 Å². The summed E-state index contributed by atoms with van der Waals surface area (Å²) in [4.78, 5) is 0. The van der Waals surface area contributed by atoms with Crippen molar-refractivity contribution in [2.45, 2.75) is 26.1 Å². The molecule has 0 bridgehead atoms. The molecule has 5 heteroatoms. The Morgan fingerprint density at radius 1 is 1.33 bits per heavy atom. The third kappa shape index (κ3) is 3.74. The van der Waals surface area contributed by atoms with Gasteiger partial charge in [0.25, 0.3) is 0 Å². The lowest BCUT2D eigenvalue weighted by molar-refractivity contribution is -0.157. The summed E-state index contributed by atoms with van der Waals surface area (Å²) in [6.07, 6.45) is -4.48. The Labute approximate surface area is 104 Å². The first-order chi connectivity index (χ1) is 8.36. The average Bonchev–Trinajstić information content (AvgIpc) is 2.28. The lowest BCUT2D eigenvalue weighted by Gasteiger charge is -2.19. The zero-order chi connectivity index (χ0) is 13.8. The van der Waals surface area contributed by atoms with Crippen LogP contribution < -0.4 is 5.32 Å². The Balaban J connectivity index is 2.65. The van der Waals surface area contributed by atoms with Crippen molar-refractivity contribution in [2.24, 2.45) is 5.92 Å². The minimum atomic E-state index is -4.48. The van der Waals surface area contributed by atoms with E-state index in [2.05, 4.69) is 5.32 Å². The maximum atomic E-state index is 12.4. The van der Waals surface area contributed by atoms with E-state index < -0.39 is 18.6 Å². The monoisotopic (exact) mass is 256 g/mol. The Morgan fingerprint density at radius 3 is 2.44 bits per heavy atom. The molecule has 98 valence electrons.